The molecule has 15 heavy (non-hydrogen) atoms. The first kappa shape index (κ1) is 13.1. The predicted octanol–water partition coefficient (Wildman–Crippen LogP) is -1.96. The highest BCUT2D eigenvalue weighted by Crippen LogP contribution is 2.36. The second-order valence-corrected chi connectivity index (χ2v) is 5.37. The van der Waals surface area contributed by atoms with Crippen LogP contribution < -0.4 is 0 Å². The van der Waals surface area contributed by atoms with Gasteiger partial charge in [-0.25, -0.2) is 0 Å². The molecule has 0 unspecified atom stereocenters. The predicted molar refractivity (Wildman–Crippen MR) is 49.3 cm³/mol. The molecule has 8 heteroatoms. The van der Waals surface area contributed by atoms with Crippen molar-refractivity contribution in [2.75, 3.05) is 12.8 Å². The molecule has 1 fully saturated rings. The third-order valence-corrected chi connectivity index (χ3v) is 3.15. The molecule has 1 heterocycles. The lowest BCUT2D eigenvalue weighted by atomic mass is 9.99. The molecule has 0 aliphatic carbocycles. The summed E-state index contributed by atoms with van der Waals surface area (Å²) < 4.78 is 15.5. The van der Waals surface area contributed by atoms with E-state index in [1.54, 1.807) is 0 Å². The van der Waals surface area contributed by atoms with Gasteiger partial charge in [0.2, 0.25) is 0 Å². The Morgan fingerprint density at radius 1 is 1.20 bits per heavy atom. The van der Waals surface area contributed by atoms with E-state index in [0.29, 0.717) is 0 Å². The third-order valence-electron chi connectivity index (χ3n) is 2.31. The summed E-state index contributed by atoms with van der Waals surface area (Å²) in [5.41, 5.74) is 0. The molecule has 7 nitrogen and oxygen atoms in total. The number of rotatable bonds is 3. The van der Waals surface area contributed by atoms with E-state index in [9.17, 15) is 14.8 Å². The number of hydrogen-bond acceptors (Lipinski definition) is 5. The molecule has 0 saturated carbocycles. The molecule has 0 aromatic heterocycles. The van der Waals surface area contributed by atoms with Gasteiger partial charge in [-0.2, -0.15) is 0 Å². The summed E-state index contributed by atoms with van der Waals surface area (Å²) >= 11 is 0. The number of aliphatic hydroxyl groups is 3. The number of ether oxygens (including phenoxy) is 1. The fourth-order valence-electron chi connectivity index (χ4n) is 1.42. The van der Waals surface area contributed by atoms with Crippen LogP contribution in [0.15, 0.2) is 0 Å². The molecule has 1 aliphatic rings. The summed E-state index contributed by atoms with van der Waals surface area (Å²) in [6, 6.07) is 0. The molecule has 5 N–H and O–H groups in total. The van der Waals surface area contributed by atoms with Crippen LogP contribution in [0.25, 0.3) is 0 Å². The molecular weight excluding hydrogens is 227 g/mol. The van der Waals surface area contributed by atoms with Crippen LogP contribution in [0.5, 0.6) is 0 Å². The Kier molecular flexibility index (Phi) is 4.25. The molecule has 0 spiro atoms. The first-order chi connectivity index (χ1) is 6.81. The van der Waals surface area contributed by atoms with Crippen molar-refractivity contribution in [3.63, 3.8) is 0 Å². The van der Waals surface area contributed by atoms with Crippen LogP contribution >= 0.6 is 7.60 Å². The molecule has 90 valence electrons. The van der Waals surface area contributed by atoms with E-state index in [-0.39, 0.29) is 13.0 Å². The van der Waals surface area contributed by atoms with Gasteiger partial charge in [-0.1, -0.05) is 0 Å². The van der Waals surface area contributed by atoms with Gasteiger partial charge in [0.1, 0.15) is 18.3 Å². The minimum Gasteiger partial charge on any atom is -0.388 e. The third kappa shape index (κ3) is 3.81. The molecule has 0 aromatic rings. The van der Waals surface area contributed by atoms with E-state index >= 15 is 0 Å². The Hall–Kier alpha value is -0.0100. The molecule has 1 saturated heterocycles. The normalized spacial score (nSPS) is 37.9. The smallest absolute Gasteiger partial charge is 0.325 e. The molecule has 0 bridgehead atoms. The van der Waals surface area contributed by atoms with Gasteiger partial charge in [0.15, 0.2) is 0 Å². The van der Waals surface area contributed by atoms with E-state index in [4.69, 9.17) is 19.6 Å². The van der Waals surface area contributed by atoms with E-state index in [1.807, 2.05) is 0 Å². The lowest BCUT2D eigenvalue weighted by Gasteiger charge is -2.35. The maximum Gasteiger partial charge on any atom is 0.325 e. The van der Waals surface area contributed by atoms with Gasteiger partial charge < -0.3 is 29.8 Å². The molecule has 1 aliphatic heterocycles. The Morgan fingerprint density at radius 2 is 1.80 bits per heavy atom. The van der Waals surface area contributed by atoms with Crippen molar-refractivity contribution in [2.45, 2.75) is 30.8 Å². The first-order valence-electron chi connectivity index (χ1n) is 4.51. The summed E-state index contributed by atoms with van der Waals surface area (Å²) in [6.45, 7) is -0.149. The first-order valence-corrected chi connectivity index (χ1v) is 6.31. The van der Waals surface area contributed by atoms with E-state index in [1.165, 1.54) is 0 Å². The van der Waals surface area contributed by atoms with Gasteiger partial charge in [0.05, 0.1) is 18.9 Å². The molecule has 0 aromatic carbocycles. The molecule has 1 rings (SSSR count). The average Bonchev–Trinajstić information content (AvgIpc) is 2.12. The maximum atomic E-state index is 10.6. The molecule has 4 atom stereocenters. The van der Waals surface area contributed by atoms with Crippen molar-refractivity contribution >= 4 is 7.60 Å². The van der Waals surface area contributed by atoms with E-state index < -0.39 is 38.2 Å². The Morgan fingerprint density at radius 3 is 2.33 bits per heavy atom. The SMILES string of the molecule is O=P(O)(O)CC[C@H]1OC[C@@H](O)[C@@H](O)[C@@H]1O. The van der Waals surface area contributed by atoms with Gasteiger partial charge in [0, 0.05) is 0 Å². The molecular formula is C7H15O7P. The second kappa shape index (κ2) is 4.88. The Balaban J connectivity index is 2.46. The topological polar surface area (TPSA) is 127 Å². The zero-order valence-corrected chi connectivity index (χ0v) is 8.82. The van der Waals surface area contributed by atoms with Crippen molar-refractivity contribution in [1.29, 1.82) is 0 Å². The number of hydrogen-bond donors (Lipinski definition) is 5. The van der Waals surface area contributed by atoms with Crippen LogP contribution in [0.3, 0.4) is 0 Å². The van der Waals surface area contributed by atoms with Gasteiger partial charge in [-0.05, 0) is 6.42 Å². The Labute approximate surface area is 86.5 Å². The maximum absolute atomic E-state index is 10.6. The standard InChI is InChI=1S/C7H15O7P/c8-4-3-14-5(7(10)6(4)9)1-2-15(11,12)13/h4-10H,1-3H2,(H2,11,12,13)/t4-,5-,6-,7-/m1/s1. The van der Waals surface area contributed by atoms with Crippen molar-refractivity contribution < 1.29 is 34.4 Å². The summed E-state index contributed by atoms with van der Waals surface area (Å²) in [4.78, 5) is 17.2. The highest BCUT2D eigenvalue weighted by Gasteiger charge is 2.37. The van der Waals surface area contributed by atoms with Crippen molar-refractivity contribution in [1.82, 2.24) is 0 Å². The summed E-state index contributed by atoms with van der Waals surface area (Å²) in [5, 5.41) is 27.8. The van der Waals surface area contributed by atoms with Gasteiger partial charge in [-0.15, -0.1) is 0 Å². The summed E-state index contributed by atoms with van der Waals surface area (Å²) in [6.07, 6.45) is -5.14. The monoisotopic (exact) mass is 242 g/mol. The van der Waals surface area contributed by atoms with E-state index in [0.717, 1.165) is 0 Å². The zero-order chi connectivity index (χ0) is 11.6. The highest BCUT2D eigenvalue weighted by atomic mass is 31.2. The van der Waals surface area contributed by atoms with E-state index in [2.05, 4.69) is 0 Å². The highest BCUT2D eigenvalue weighted by molar-refractivity contribution is 7.51. The van der Waals surface area contributed by atoms with Gasteiger partial charge in [-0.3, -0.25) is 4.57 Å². The number of aliphatic hydroxyl groups excluding tert-OH is 3. The largest absolute Gasteiger partial charge is 0.388 e. The summed E-state index contributed by atoms with van der Waals surface area (Å²) in [5.74, 6) is 0. The molecule has 0 amide bonds. The Bertz CT molecular complexity index is 252. The summed E-state index contributed by atoms with van der Waals surface area (Å²) in [7, 11) is -4.13. The zero-order valence-electron chi connectivity index (χ0n) is 7.93. The van der Waals surface area contributed by atoms with Crippen LogP contribution in [-0.2, 0) is 9.30 Å². The average molecular weight is 242 g/mol. The fourth-order valence-corrected chi connectivity index (χ4v) is 2.01. The van der Waals surface area contributed by atoms with Crippen LogP contribution in [0.1, 0.15) is 6.42 Å². The second-order valence-electron chi connectivity index (χ2n) is 3.60. The quantitative estimate of drug-likeness (QED) is 0.363. The van der Waals surface area contributed by atoms with Gasteiger partial charge in [0.25, 0.3) is 0 Å². The van der Waals surface area contributed by atoms with Crippen molar-refractivity contribution in [2.24, 2.45) is 0 Å². The van der Waals surface area contributed by atoms with Crippen LogP contribution in [0, 0.1) is 0 Å². The van der Waals surface area contributed by atoms with Crippen LogP contribution in [0.4, 0.5) is 0 Å². The minimum atomic E-state index is -4.13. The van der Waals surface area contributed by atoms with Crippen LogP contribution in [0.2, 0.25) is 0 Å². The lowest BCUT2D eigenvalue weighted by Crippen LogP contribution is -2.52. The molecule has 0 radical (unpaired) electrons. The van der Waals surface area contributed by atoms with Gasteiger partial charge >= 0.3 is 7.60 Å². The lowest BCUT2D eigenvalue weighted by molar-refractivity contribution is -0.187. The van der Waals surface area contributed by atoms with Crippen molar-refractivity contribution in [3.8, 4) is 0 Å². The van der Waals surface area contributed by atoms with Crippen LogP contribution in [-0.4, -0.2) is 62.3 Å². The minimum absolute atomic E-state index is 0.0603. The van der Waals surface area contributed by atoms with Crippen molar-refractivity contribution in [3.05, 3.63) is 0 Å². The fraction of sp³-hybridized carbons (Fsp3) is 1.00.